The summed E-state index contributed by atoms with van der Waals surface area (Å²) in [7, 11) is 1.34. The molecule has 0 saturated heterocycles. The van der Waals surface area contributed by atoms with Crippen LogP contribution < -0.4 is 0 Å². The Morgan fingerprint density at radius 3 is 2.08 bits per heavy atom. The molecule has 3 aliphatic rings. The van der Waals surface area contributed by atoms with Crippen LogP contribution in [0.4, 0.5) is 8.78 Å². The maximum Gasteiger partial charge on any atom is 0.338 e. The van der Waals surface area contributed by atoms with Gasteiger partial charge in [0.1, 0.15) is 17.2 Å². The van der Waals surface area contributed by atoms with Crippen molar-refractivity contribution in [1.29, 1.82) is 0 Å². The van der Waals surface area contributed by atoms with Crippen LogP contribution in [0.15, 0.2) is 30.4 Å². The molecule has 4 nitrogen and oxygen atoms in total. The van der Waals surface area contributed by atoms with Crippen molar-refractivity contribution < 1.29 is 27.8 Å². The zero-order valence-electron chi connectivity index (χ0n) is 14.0. The fourth-order valence-electron chi connectivity index (χ4n) is 3.82. The fourth-order valence-corrected chi connectivity index (χ4v) is 3.82. The molecule has 3 saturated carbocycles. The molecule has 3 fully saturated rings. The Morgan fingerprint density at radius 1 is 1.00 bits per heavy atom. The minimum Gasteiger partial charge on any atom is -0.466 e. The van der Waals surface area contributed by atoms with E-state index in [1.807, 2.05) is 6.08 Å². The zero-order chi connectivity index (χ0) is 18.1. The van der Waals surface area contributed by atoms with Gasteiger partial charge in [-0.15, -0.1) is 0 Å². The van der Waals surface area contributed by atoms with Crippen molar-refractivity contribution in [1.82, 2.24) is 0 Å². The van der Waals surface area contributed by atoms with Gasteiger partial charge in [-0.2, -0.15) is 0 Å². The third-order valence-electron chi connectivity index (χ3n) is 5.42. The summed E-state index contributed by atoms with van der Waals surface area (Å²) in [4.78, 5) is 23.6. The van der Waals surface area contributed by atoms with E-state index in [4.69, 9.17) is 4.74 Å². The Kier molecular flexibility index (Phi) is 4.62. The lowest BCUT2D eigenvalue weighted by Gasteiger charge is -2.51. The highest BCUT2D eigenvalue weighted by Gasteiger charge is 2.49. The van der Waals surface area contributed by atoms with Crippen LogP contribution in [0.1, 0.15) is 48.9 Å². The molecule has 2 bridgehead atoms. The van der Waals surface area contributed by atoms with Crippen LogP contribution >= 0.6 is 0 Å². The second-order valence-corrected chi connectivity index (χ2v) is 6.95. The minimum atomic E-state index is -0.802. The van der Waals surface area contributed by atoms with E-state index in [9.17, 15) is 18.4 Å². The van der Waals surface area contributed by atoms with E-state index in [-0.39, 0.29) is 16.9 Å². The van der Waals surface area contributed by atoms with E-state index in [2.05, 4.69) is 4.74 Å². The second kappa shape index (κ2) is 6.58. The van der Waals surface area contributed by atoms with E-state index >= 15 is 0 Å². The summed E-state index contributed by atoms with van der Waals surface area (Å²) >= 11 is 0. The van der Waals surface area contributed by atoms with E-state index in [0.717, 1.165) is 37.5 Å². The number of hydrogen-bond acceptors (Lipinski definition) is 4. The maximum absolute atomic E-state index is 13.3. The van der Waals surface area contributed by atoms with Gasteiger partial charge < -0.3 is 9.47 Å². The van der Waals surface area contributed by atoms with Gasteiger partial charge in [0, 0.05) is 12.1 Å². The molecule has 0 heterocycles. The first-order valence-corrected chi connectivity index (χ1v) is 8.32. The van der Waals surface area contributed by atoms with Crippen molar-refractivity contribution in [2.45, 2.75) is 44.1 Å². The van der Waals surface area contributed by atoms with Crippen molar-refractivity contribution in [2.24, 2.45) is 5.41 Å². The highest BCUT2D eigenvalue weighted by atomic mass is 19.1. The molecule has 0 radical (unpaired) electrons. The summed E-state index contributed by atoms with van der Waals surface area (Å²) in [6, 6.07) is 2.69. The fraction of sp³-hybridized carbons (Fsp3) is 0.474. The highest BCUT2D eigenvalue weighted by Crippen LogP contribution is 2.54. The Morgan fingerprint density at radius 2 is 1.56 bits per heavy atom. The van der Waals surface area contributed by atoms with Crippen molar-refractivity contribution >= 4 is 11.9 Å². The summed E-state index contributed by atoms with van der Waals surface area (Å²) < 4.78 is 36.9. The van der Waals surface area contributed by atoms with E-state index in [0.29, 0.717) is 19.3 Å². The second-order valence-electron chi connectivity index (χ2n) is 6.95. The summed E-state index contributed by atoms with van der Waals surface area (Å²) in [5.74, 6) is -2.68. The van der Waals surface area contributed by atoms with Gasteiger partial charge in [0.05, 0.1) is 12.7 Å². The molecule has 4 rings (SSSR count). The largest absolute Gasteiger partial charge is 0.466 e. The van der Waals surface area contributed by atoms with Crippen LogP contribution in [-0.2, 0) is 14.3 Å². The molecule has 0 atom stereocenters. The van der Waals surface area contributed by atoms with Crippen LogP contribution in [-0.4, -0.2) is 24.6 Å². The summed E-state index contributed by atoms with van der Waals surface area (Å²) in [5.41, 5.74) is -0.756. The van der Waals surface area contributed by atoms with E-state index < -0.39 is 23.2 Å². The Bertz CT molecular complexity index is 681. The molecular formula is C19H20F2O4. The lowest BCUT2D eigenvalue weighted by atomic mass is 9.58. The van der Waals surface area contributed by atoms with Crippen LogP contribution in [0.2, 0.25) is 0 Å². The average Bonchev–Trinajstić information content (AvgIpc) is 2.60. The van der Waals surface area contributed by atoms with E-state index in [1.165, 1.54) is 13.2 Å². The molecule has 0 spiro atoms. The first kappa shape index (κ1) is 17.6. The van der Waals surface area contributed by atoms with Crippen LogP contribution in [0.5, 0.6) is 0 Å². The zero-order valence-corrected chi connectivity index (χ0v) is 14.0. The third kappa shape index (κ3) is 3.72. The van der Waals surface area contributed by atoms with Gasteiger partial charge in [0.15, 0.2) is 0 Å². The summed E-state index contributed by atoms with van der Waals surface area (Å²) in [5, 5.41) is 0. The maximum atomic E-state index is 13.3. The van der Waals surface area contributed by atoms with Gasteiger partial charge in [-0.3, -0.25) is 0 Å². The molecule has 6 heteroatoms. The molecular weight excluding hydrogens is 330 g/mol. The Labute approximate surface area is 144 Å². The van der Waals surface area contributed by atoms with Gasteiger partial charge in [-0.05, 0) is 56.1 Å². The smallest absolute Gasteiger partial charge is 0.338 e. The predicted molar refractivity (Wildman–Crippen MR) is 85.8 cm³/mol. The highest BCUT2D eigenvalue weighted by molar-refractivity contribution is 5.89. The minimum absolute atomic E-state index is 0.0622. The Hall–Kier alpha value is -2.24. The van der Waals surface area contributed by atoms with E-state index in [1.54, 1.807) is 0 Å². The molecule has 3 aliphatic carbocycles. The van der Waals surface area contributed by atoms with Gasteiger partial charge in [0.25, 0.3) is 0 Å². The van der Waals surface area contributed by atoms with Crippen molar-refractivity contribution in [3.63, 3.8) is 0 Å². The Balaban J connectivity index is 1.67. The standard InChI is InChI=1S/C19H20F2O4/c1-24-16(22)2-3-18-4-7-19(8-5-18,9-6-18)25-17(23)13-10-14(20)12-15(21)11-13/h2-3,10-12H,4-9H2,1H3. The van der Waals surface area contributed by atoms with Crippen molar-refractivity contribution in [3.05, 3.63) is 47.5 Å². The molecule has 0 amide bonds. The lowest BCUT2D eigenvalue weighted by molar-refractivity contribution is -0.135. The molecule has 0 N–H and O–H groups in total. The number of carbonyl (C=O) groups excluding carboxylic acids is 2. The summed E-state index contributed by atoms with van der Waals surface area (Å²) in [6.07, 6.45) is 7.76. The number of carbonyl (C=O) groups is 2. The molecule has 0 aliphatic heterocycles. The van der Waals surface area contributed by atoms with Gasteiger partial charge >= 0.3 is 11.9 Å². The SMILES string of the molecule is COC(=O)C=CC12CCC(OC(=O)c3cc(F)cc(F)c3)(CC1)CC2. The number of ether oxygens (including phenoxy) is 2. The number of hydrogen-bond donors (Lipinski definition) is 0. The van der Waals surface area contributed by atoms with Crippen LogP contribution in [0.25, 0.3) is 0 Å². The number of allylic oxidation sites excluding steroid dienone is 1. The van der Waals surface area contributed by atoms with Gasteiger partial charge in [0.2, 0.25) is 0 Å². The number of halogens is 2. The topological polar surface area (TPSA) is 52.6 Å². The average molecular weight is 350 g/mol. The lowest BCUT2D eigenvalue weighted by Crippen LogP contribution is -2.48. The van der Waals surface area contributed by atoms with Crippen molar-refractivity contribution in [2.75, 3.05) is 7.11 Å². The monoisotopic (exact) mass is 350 g/mol. The molecule has 0 unspecified atom stereocenters. The molecule has 134 valence electrons. The number of methoxy groups -OCH3 is 1. The predicted octanol–water partition coefficient (Wildman–Crippen LogP) is 3.94. The normalized spacial score (nSPS) is 28.1. The molecule has 1 aromatic rings. The quantitative estimate of drug-likeness (QED) is 0.610. The third-order valence-corrected chi connectivity index (χ3v) is 5.42. The van der Waals surface area contributed by atoms with Gasteiger partial charge in [-0.1, -0.05) is 6.08 Å². The first-order valence-electron chi connectivity index (χ1n) is 8.32. The number of rotatable bonds is 4. The van der Waals surface area contributed by atoms with Crippen LogP contribution in [0.3, 0.4) is 0 Å². The molecule has 0 aromatic heterocycles. The number of benzene rings is 1. The van der Waals surface area contributed by atoms with Crippen LogP contribution in [0, 0.1) is 17.0 Å². The summed E-state index contributed by atoms with van der Waals surface area (Å²) in [6.45, 7) is 0. The molecule has 1 aromatic carbocycles. The first-order chi connectivity index (χ1) is 11.9. The van der Waals surface area contributed by atoms with Crippen molar-refractivity contribution in [3.8, 4) is 0 Å². The van der Waals surface area contributed by atoms with Gasteiger partial charge in [-0.25, -0.2) is 18.4 Å². The number of esters is 2. The molecule has 25 heavy (non-hydrogen) atoms. The number of fused-ring (bicyclic) bond motifs is 3.